The van der Waals surface area contributed by atoms with Gasteiger partial charge in [-0.05, 0) is 36.4 Å². The van der Waals surface area contributed by atoms with Gasteiger partial charge in [0.1, 0.15) is 5.82 Å². The van der Waals surface area contributed by atoms with Gasteiger partial charge in [0, 0.05) is 27.8 Å². The van der Waals surface area contributed by atoms with Crippen LogP contribution in [0.5, 0.6) is 0 Å². The molecule has 0 amide bonds. The normalized spacial score (nSPS) is 10.3. The lowest BCUT2D eigenvalue weighted by atomic mass is 10.2. The Labute approximate surface area is 109 Å². The summed E-state index contributed by atoms with van der Waals surface area (Å²) in [7, 11) is 0. The first-order chi connectivity index (χ1) is 8.15. The van der Waals surface area contributed by atoms with Gasteiger partial charge in [0.15, 0.2) is 0 Å². The zero-order valence-electron chi connectivity index (χ0n) is 8.88. The van der Waals surface area contributed by atoms with Crippen LogP contribution < -0.4 is 5.32 Å². The number of hydrogen-bond donors (Lipinski definition) is 1. The predicted molar refractivity (Wildman–Crippen MR) is 70.2 cm³/mol. The molecule has 0 unspecified atom stereocenters. The molecule has 0 saturated heterocycles. The summed E-state index contributed by atoms with van der Waals surface area (Å²) in [6, 6.07) is 11.8. The molecule has 17 heavy (non-hydrogen) atoms. The zero-order chi connectivity index (χ0) is 12.3. The summed E-state index contributed by atoms with van der Waals surface area (Å²) < 4.78 is 13.4. The molecule has 0 bridgehead atoms. The average molecular weight is 270 g/mol. The van der Waals surface area contributed by atoms with Crippen molar-refractivity contribution in [2.45, 2.75) is 6.54 Å². The van der Waals surface area contributed by atoms with Gasteiger partial charge in [0.05, 0.1) is 0 Å². The molecule has 1 N–H and O–H groups in total. The highest BCUT2D eigenvalue weighted by molar-refractivity contribution is 6.31. The minimum absolute atomic E-state index is 0.274. The second-order valence-corrected chi connectivity index (χ2v) is 4.47. The predicted octanol–water partition coefficient (Wildman–Crippen LogP) is 4.74. The molecule has 88 valence electrons. The van der Waals surface area contributed by atoms with Crippen molar-refractivity contribution in [3.63, 3.8) is 0 Å². The molecular formula is C13H10Cl2FN. The number of rotatable bonds is 3. The molecule has 4 heteroatoms. The highest BCUT2D eigenvalue weighted by Crippen LogP contribution is 2.18. The van der Waals surface area contributed by atoms with E-state index in [-0.39, 0.29) is 5.82 Å². The van der Waals surface area contributed by atoms with Gasteiger partial charge < -0.3 is 5.32 Å². The van der Waals surface area contributed by atoms with Gasteiger partial charge in [-0.2, -0.15) is 0 Å². The lowest BCUT2D eigenvalue weighted by molar-refractivity contribution is 0.613. The molecule has 0 aliphatic heterocycles. The molecule has 0 radical (unpaired) electrons. The van der Waals surface area contributed by atoms with Crippen molar-refractivity contribution in [3.05, 3.63) is 63.9 Å². The molecule has 0 atom stereocenters. The summed E-state index contributed by atoms with van der Waals surface area (Å²) in [5.41, 5.74) is 1.37. The quantitative estimate of drug-likeness (QED) is 0.849. The van der Waals surface area contributed by atoms with Crippen LogP contribution in [0.3, 0.4) is 0 Å². The summed E-state index contributed by atoms with van der Waals surface area (Å²) in [5, 5.41) is 4.25. The highest BCUT2D eigenvalue weighted by atomic mass is 35.5. The molecule has 0 aromatic heterocycles. The summed E-state index contributed by atoms with van der Waals surface area (Å²) >= 11 is 11.7. The fourth-order valence-electron chi connectivity index (χ4n) is 1.47. The first-order valence-corrected chi connectivity index (χ1v) is 5.84. The van der Waals surface area contributed by atoms with Crippen molar-refractivity contribution in [2.75, 3.05) is 5.32 Å². The molecule has 0 heterocycles. The standard InChI is InChI=1S/C13H10Cl2FN/c14-10-2-1-3-12(7-10)17-8-9-6-11(15)4-5-13(9)16/h1-7,17H,8H2. The van der Waals surface area contributed by atoms with E-state index >= 15 is 0 Å². The number of hydrogen-bond acceptors (Lipinski definition) is 1. The molecule has 1 nitrogen and oxygen atoms in total. The molecular weight excluding hydrogens is 260 g/mol. The zero-order valence-corrected chi connectivity index (χ0v) is 10.4. The second kappa shape index (κ2) is 5.39. The van der Waals surface area contributed by atoms with Crippen molar-refractivity contribution >= 4 is 28.9 Å². The van der Waals surface area contributed by atoms with Gasteiger partial charge in [-0.15, -0.1) is 0 Å². The topological polar surface area (TPSA) is 12.0 Å². The van der Waals surface area contributed by atoms with E-state index < -0.39 is 0 Å². The summed E-state index contributed by atoms with van der Waals surface area (Å²) in [5.74, 6) is -0.274. The lowest BCUT2D eigenvalue weighted by Crippen LogP contribution is -2.01. The molecule has 0 aliphatic rings. The Morgan fingerprint density at radius 2 is 1.76 bits per heavy atom. The summed E-state index contributed by atoms with van der Waals surface area (Å²) in [6.45, 7) is 0.368. The Hall–Kier alpha value is -1.25. The Bertz CT molecular complexity index is 529. The molecule has 0 fully saturated rings. The van der Waals surface area contributed by atoms with Gasteiger partial charge in [-0.1, -0.05) is 29.3 Å². The molecule has 0 aliphatic carbocycles. The maximum atomic E-state index is 13.4. The van der Waals surface area contributed by atoms with Crippen molar-refractivity contribution in [3.8, 4) is 0 Å². The van der Waals surface area contributed by atoms with Gasteiger partial charge in [-0.3, -0.25) is 0 Å². The molecule has 2 aromatic carbocycles. The Morgan fingerprint density at radius 3 is 2.53 bits per heavy atom. The Balaban J connectivity index is 2.09. The number of anilines is 1. The fraction of sp³-hybridized carbons (Fsp3) is 0.0769. The monoisotopic (exact) mass is 269 g/mol. The SMILES string of the molecule is Fc1ccc(Cl)cc1CNc1cccc(Cl)c1. The Kier molecular flexibility index (Phi) is 3.87. The Morgan fingerprint density at radius 1 is 1.00 bits per heavy atom. The van der Waals surface area contributed by atoms with E-state index in [1.54, 1.807) is 18.2 Å². The van der Waals surface area contributed by atoms with E-state index in [2.05, 4.69) is 5.32 Å². The van der Waals surface area contributed by atoms with Gasteiger partial charge in [0.25, 0.3) is 0 Å². The largest absolute Gasteiger partial charge is 0.381 e. The average Bonchev–Trinajstić information content (AvgIpc) is 2.30. The first-order valence-electron chi connectivity index (χ1n) is 5.08. The van der Waals surface area contributed by atoms with Crippen molar-refractivity contribution in [1.82, 2.24) is 0 Å². The van der Waals surface area contributed by atoms with Crippen LogP contribution in [0, 0.1) is 5.82 Å². The maximum Gasteiger partial charge on any atom is 0.128 e. The molecule has 0 spiro atoms. The van der Waals surface area contributed by atoms with Crippen LogP contribution in [-0.4, -0.2) is 0 Å². The van der Waals surface area contributed by atoms with E-state index in [1.165, 1.54) is 12.1 Å². The number of halogens is 3. The van der Waals surface area contributed by atoms with Crippen LogP contribution in [0.25, 0.3) is 0 Å². The van der Waals surface area contributed by atoms with Crippen LogP contribution in [0.1, 0.15) is 5.56 Å². The number of benzene rings is 2. The van der Waals surface area contributed by atoms with E-state index in [1.807, 2.05) is 12.1 Å². The van der Waals surface area contributed by atoms with Crippen molar-refractivity contribution < 1.29 is 4.39 Å². The maximum absolute atomic E-state index is 13.4. The van der Waals surface area contributed by atoms with Crippen LogP contribution in [0.2, 0.25) is 10.0 Å². The lowest BCUT2D eigenvalue weighted by Gasteiger charge is -2.08. The smallest absolute Gasteiger partial charge is 0.128 e. The van der Waals surface area contributed by atoms with Crippen molar-refractivity contribution in [2.24, 2.45) is 0 Å². The van der Waals surface area contributed by atoms with Crippen molar-refractivity contribution in [1.29, 1.82) is 0 Å². The van der Waals surface area contributed by atoms with Gasteiger partial charge in [-0.25, -0.2) is 4.39 Å². The minimum Gasteiger partial charge on any atom is -0.381 e. The van der Waals surface area contributed by atoms with Crippen LogP contribution in [-0.2, 0) is 6.54 Å². The highest BCUT2D eigenvalue weighted by Gasteiger charge is 2.02. The minimum atomic E-state index is -0.274. The second-order valence-electron chi connectivity index (χ2n) is 3.60. The number of nitrogens with one attached hydrogen (secondary N) is 1. The summed E-state index contributed by atoms with van der Waals surface area (Å²) in [6.07, 6.45) is 0. The fourth-order valence-corrected chi connectivity index (χ4v) is 1.86. The van der Waals surface area contributed by atoms with Crippen LogP contribution in [0.4, 0.5) is 10.1 Å². The molecule has 0 saturated carbocycles. The third kappa shape index (κ3) is 3.35. The summed E-state index contributed by atoms with van der Waals surface area (Å²) in [4.78, 5) is 0. The molecule has 2 aromatic rings. The van der Waals surface area contributed by atoms with E-state index in [0.29, 0.717) is 22.2 Å². The third-order valence-corrected chi connectivity index (χ3v) is 2.79. The van der Waals surface area contributed by atoms with Crippen LogP contribution >= 0.6 is 23.2 Å². The van der Waals surface area contributed by atoms with E-state index in [9.17, 15) is 4.39 Å². The third-order valence-electron chi connectivity index (χ3n) is 2.32. The van der Waals surface area contributed by atoms with Gasteiger partial charge >= 0.3 is 0 Å². The first kappa shape index (κ1) is 12.2. The van der Waals surface area contributed by atoms with E-state index in [0.717, 1.165) is 5.69 Å². The van der Waals surface area contributed by atoms with Crippen LogP contribution in [0.15, 0.2) is 42.5 Å². The van der Waals surface area contributed by atoms with Gasteiger partial charge in [0.2, 0.25) is 0 Å². The van der Waals surface area contributed by atoms with E-state index in [4.69, 9.17) is 23.2 Å². The molecule has 2 rings (SSSR count).